The lowest BCUT2D eigenvalue weighted by Gasteiger charge is -2.07. The van der Waals surface area contributed by atoms with Gasteiger partial charge in [0.25, 0.3) is 0 Å². The van der Waals surface area contributed by atoms with Crippen molar-refractivity contribution < 1.29 is 0 Å². The highest BCUT2D eigenvalue weighted by atomic mass is 35.5. The van der Waals surface area contributed by atoms with E-state index < -0.39 is 0 Å². The Kier molecular flexibility index (Phi) is 3.75. The molecule has 3 heteroatoms. The Morgan fingerprint density at radius 2 is 2.12 bits per heavy atom. The fourth-order valence-electron chi connectivity index (χ4n) is 1.75. The summed E-state index contributed by atoms with van der Waals surface area (Å²) < 4.78 is 2.16. The quantitative estimate of drug-likeness (QED) is 0.863. The number of nitrogens with one attached hydrogen (secondary N) is 1. The van der Waals surface area contributed by atoms with E-state index in [0.29, 0.717) is 0 Å². The van der Waals surface area contributed by atoms with E-state index in [0.717, 1.165) is 23.8 Å². The molecule has 0 aliphatic heterocycles. The standard InChI is InChI=1S/C14H17ClN2/c1-3-17-7-6-12(10-17)9-16-14-5-4-11(2)8-13(14)15/h4-8,10,16H,3,9H2,1-2H3. The topological polar surface area (TPSA) is 17.0 Å². The lowest BCUT2D eigenvalue weighted by Crippen LogP contribution is -1.99. The second kappa shape index (κ2) is 5.28. The molecule has 0 amide bonds. The van der Waals surface area contributed by atoms with E-state index in [9.17, 15) is 0 Å². The minimum Gasteiger partial charge on any atom is -0.380 e. The molecule has 90 valence electrons. The van der Waals surface area contributed by atoms with Crippen molar-refractivity contribution in [3.8, 4) is 0 Å². The maximum atomic E-state index is 6.16. The average molecular weight is 249 g/mol. The maximum absolute atomic E-state index is 6.16. The minimum atomic E-state index is 0.778. The number of hydrogen-bond acceptors (Lipinski definition) is 1. The molecule has 1 aromatic carbocycles. The molecule has 0 atom stereocenters. The predicted molar refractivity (Wildman–Crippen MR) is 73.6 cm³/mol. The van der Waals surface area contributed by atoms with E-state index >= 15 is 0 Å². The number of halogens is 1. The highest BCUT2D eigenvalue weighted by molar-refractivity contribution is 6.33. The first-order chi connectivity index (χ1) is 8.19. The van der Waals surface area contributed by atoms with Crippen molar-refractivity contribution in [3.05, 3.63) is 52.8 Å². The smallest absolute Gasteiger partial charge is 0.0640 e. The van der Waals surface area contributed by atoms with Crippen LogP contribution in [0.15, 0.2) is 36.7 Å². The fraction of sp³-hybridized carbons (Fsp3) is 0.286. The Balaban J connectivity index is 2.02. The zero-order valence-corrected chi connectivity index (χ0v) is 11.0. The van der Waals surface area contributed by atoms with Crippen LogP contribution in [0.3, 0.4) is 0 Å². The fourth-order valence-corrected chi connectivity index (χ4v) is 2.05. The van der Waals surface area contributed by atoms with Gasteiger partial charge in [-0.05, 0) is 43.2 Å². The third-order valence-electron chi connectivity index (χ3n) is 2.78. The van der Waals surface area contributed by atoms with Gasteiger partial charge in [0.2, 0.25) is 0 Å². The largest absolute Gasteiger partial charge is 0.380 e. The molecule has 2 nitrogen and oxygen atoms in total. The van der Waals surface area contributed by atoms with Gasteiger partial charge in [0.1, 0.15) is 0 Å². The van der Waals surface area contributed by atoms with Gasteiger partial charge in [-0.25, -0.2) is 0 Å². The Bertz CT molecular complexity index is 503. The molecule has 0 spiro atoms. The van der Waals surface area contributed by atoms with Crippen LogP contribution < -0.4 is 5.32 Å². The van der Waals surface area contributed by atoms with E-state index in [2.05, 4.69) is 41.3 Å². The van der Waals surface area contributed by atoms with Crippen LogP contribution in [0.1, 0.15) is 18.1 Å². The van der Waals surface area contributed by atoms with E-state index in [1.54, 1.807) is 0 Å². The van der Waals surface area contributed by atoms with Crippen LogP contribution in [0.4, 0.5) is 5.69 Å². The second-order valence-corrected chi connectivity index (χ2v) is 4.59. The molecule has 1 N–H and O–H groups in total. The van der Waals surface area contributed by atoms with Gasteiger partial charge < -0.3 is 9.88 Å². The molecule has 2 aromatic rings. The Hall–Kier alpha value is -1.41. The summed E-state index contributed by atoms with van der Waals surface area (Å²) in [7, 11) is 0. The van der Waals surface area contributed by atoms with E-state index in [1.165, 1.54) is 11.1 Å². The molecule has 1 aromatic heterocycles. The summed E-state index contributed by atoms with van der Waals surface area (Å²) in [6.45, 7) is 5.98. The van der Waals surface area contributed by atoms with Gasteiger partial charge in [0, 0.05) is 25.5 Å². The van der Waals surface area contributed by atoms with Gasteiger partial charge in [-0.3, -0.25) is 0 Å². The predicted octanol–water partition coefficient (Wildman–Crippen LogP) is 4.08. The molecule has 0 radical (unpaired) electrons. The van der Waals surface area contributed by atoms with Crippen LogP contribution in [0.2, 0.25) is 5.02 Å². The Labute approximate surface area is 107 Å². The zero-order chi connectivity index (χ0) is 12.3. The summed E-state index contributed by atoms with van der Waals surface area (Å²) in [5, 5.41) is 4.13. The molecule has 0 bridgehead atoms. The highest BCUT2D eigenvalue weighted by Gasteiger charge is 2.01. The van der Waals surface area contributed by atoms with Crippen LogP contribution >= 0.6 is 11.6 Å². The highest BCUT2D eigenvalue weighted by Crippen LogP contribution is 2.23. The van der Waals surface area contributed by atoms with E-state index in [-0.39, 0.29) is 0 Å². The molecule has 0 saturated heterocycles. The third kappa shape index (κ3) is 3.04. The molecule has 0 aliphatic carbocycles. The molecular weight excluding hydrogens is 232 g/mol. The molecule has 1 heterocycles. The van der Waals surface area contributed by atoms with Crippen LogP contribution in [-0.4, -0.2) is 4.57 Å². The maximum Gasteiger partial charge on any atom is 0.0640 e. The summed E-state index contributed by atoms with van der Waals surface area (Å²) in [6, 6.07) is 8.18. The van der Waals surface area contributed by atoms with Crippen molar-refractivity contribution in [2.45, 2.75) is 26.9 Å². The first-order valence-corrected chi connectivity index (χ1v) is 6.21. The van der Waals surface area contributed by atoms with Crippen molar-refractivity contribution in [1.29, 1.82) is 0 Å². The lowest BCUT2D eigenvalue weighted by molar-refractivity contribution is 0.766. The molecule has 0 unspecified atom stereocenters. The van der Waals surface area contributed by atoms with Gasteiger partial charge in [-0.15, -0.1) is 0 Å². The summed E-state index contributed by atoms with van der Waals surface area (Å²) in [5.74, 6) is 0. The minimum absolute atomic E-state index is 0.778. The van der Waals surface area contributed by atoms with Gasteiger partial charge in [0.05, 0.1) is 10.7 Å². The third-order valence-corrected chi connectivity index (χ3v) is 3.10. The summed E-state index contributed by atoms with van der Waals surface area (Å²) in [4.78, 5) is 0. The Morgan fingerprint density at radius 1 is 1.29 bits per heavy atom. The molecular formula is C14H17ClN2. The van der Waals surface area contributed by atoms with Gasteiger partial charge in [0.15, 0.2) is 0 Å². The summed E-state index contributed by atoms with van der Waals surface area (Å²) in [6.07, 6.45) is 4.24. The number of aromatic nitrogens is 1. The van der Waals surface area contributed by atoms with Crippen LogP contribution in [-0.2, 0) is 13.1 Å². The van der Waals surface area contributed by atoms with Crippen molar-refractivity contribution >= 4 is 17.3 Å². The van der Waals surface area contributed by atoms with Crippen molar-refractivity contribution in [1.82, 2.24) is 4.57 Å². The zero-order valence-electron chi connectivity index (χ0n) is 10.2. The lowest BCUT2D eigenvalue weighted by atomic mass is 10.2. The molecule has 2 rings (SSSR count). The molecule has 0 aliphatic rings. The van der Waals surface area contributed by atoms with Crippen LogP contribution in [0.25, 0.3) is 0 Å². The van der Waals surface area contributed by atoms with E-state index in [1.807, 2.05) is 19.1 Å². The van der Waals surface area contributed by atoms with Crippen LogP contribution in [0.5, 0.6) is 0 Å². The number of rotatable bonds is 4. The molecule has 0 fully saturated rings. The number of hydrogen-bond donors (Lipinski definition) is 1. The van der Waals surface area contributed by atoms with Crippen molar-refractivity contribution in [2.75, 3.05) is 5.32 Å². The number of anilines is 1. The van der Waals surface area contributed by atoms with Crippen molar-refractivity contribution in [2.24, 2.45) is 0 Å². The van der Waals surface area contributed by atoms with Gasteiger partial charge >= 0.3 is 0 Å². The normalized spacial score (nSPS) is 10.5. The summed E-state index contributed by atoms with van der Waals surface area (Å²) >= 11 is 6.16. The first kappa shape index (κ1) is 12.1. The summed E-state index contributed by atoms with van der Waals surface area (Å²) in [5.41, 5.74) is 3.43. The van der Waals surface area contributed by atoms with Crippen LogP contribution in [0, 0.1) is 6.92 Å². The Morgan fingerprint density at radius 3 is 2.76 bits per heavy atom. The number of nitrogens with zero attached hydrogens (tertiary/aromatic N) is 1. The monoisotopic (exact) mass is 248 g/mol. The van der Waals surface area contributed by atoms with E-state index in [4.69, 9.17) is 11.6 Å². The average Bonchev–Trinajstić information content (AvgIpc) is 2.76. The second-order valence-electron chi connectivity index (χ2n) is 4.19. The number of aryl methyl sites for hydroxylation is 2. The SMILES string of the molecule is CCn1ccc(CNc2ccc(C)cc2Cl)c1. The number of benzene rings is 1. The van der Waals surface area contributed by atoms with Gasteiger partial charge in [-0.1, -0.05) is 17.7 Å². The molecule has 17 heavy (non-hydrogen) atoms. The van der Waals surface area contributed by atoms with Gasteiger partial charge in [-0.2, -0.15) is 0 Å². The van der Waals surface area contributed by atoms with Crippen molar-refractivity contribution in [3.63, 3.8) is 0 Å². The molecule has 0 saturated carbocycles. The first-order valence-electron chi connectivity index (χ1n) is 5.83.